The maximum Gasteiger partial charge on any atom is 0.242 e. The minimum absolute atomic E-state index is 0.403. The largest absolute Gasteiger partial charge is 0.479 e. The molecule has 1 aromatic heterocycles. The van der Waals surface area contributed by atoms with Gasteiger partial charge in [-0.25, -0.2) is 4.98 Å². The van der Waals surface area contributed by atoms with Crippen molar-refractivity contribution in [1.29, 1.82) is 0 Å². The number of benzene rings is 1. The number of anilines is 2. The summed E-state index contributed by atoms with van der Waals surface area (Å²) >= 11 is 0. The molecule has 0 aliphatic rings. The Bertz CT molecular complexity index is 516. The van der Waals surface area contributed by atoms with E-state index in [0.29, 0.717) is 17.4 Å². The van der Waals surface area contributed by atoms with E-state index in [1.54, 1.807) is 0 Å². The number of ether oxygens (including phenoxy) is 1. The fourth-order valence-electron chi connectivity index (χ4n) is 1.83. The van der Waals surface area contributed by atoms with Gasteiger partial charge in [0.2, 0.25) is 5.88 Å². The standard InChI is InChI=1S/C14H18N4O/c1-19-14-12(15)13(17-10-18-14)16-9-5-8-11-6-3-2-4-7-11/h2-4,6-7,10H,5,8-9,15H2,1H3,(H,16,17,18). The molecule has 3 N–H and O–H groups in total. The Morgan fingerprint density at radius 1 is 1.21 bits per heavy atom. The molecule has 1 heterocycles. The predicted molar refractivity (Wildman–Crippen MR) is 76.2 cm³/mol. The highest BCUT2D eigenvalue weighted by Crippen LogP contribution is 2.23. The number of hydrogen-bond donors (Lipinski definition) is 2. The van der Waals surface area contributed by atoms with Crippen molar-refractivity contribution in [3.63, 3.8) is 0 Å². The van der Waals surface area contributed by atoms with E-state index in [4.69, 9.17) is 10.5 Å². The number of aromatic nitrogens is 2. The molecule has 0 bridgehead atoms. The molecule has 0 aliphatic heterocycles. The topological polar surface area (TPSA) is 73.1 Å². The molecule has 0 unspecified atom stereocenters. The number of rotatable bonds is 6. The Labute approximate surface area is 112 Å². The molecule has 19 heavy (non-hydrogen) atoms. The first-order valence-corrected chi connectivity index (χ1v) is 6.23. The lowest BCUT2D eigenvalue weighted by atomic mass is 10.1. The maximum atomic E-state index is 5.87. The fourth-order valence-corrected chi connectivity index (χ4v) is 1.83. The summed E-state index contributed by atoms with van der Waals surface area (Å²) in [4.78, 5) is 8.04. The number of nitrogens with two attached hydrogens (primary N) is 1. The van der Waals surface area contributed by atoms with E-state index in [0.717, 1.165) is 19.4 Å². The van der Waals surface area contributed by atoms with E-state index in [1.807, 2.05) is 6.07 Å². The zero-order valence-electron chi connectivity index (χ0n) is 11.0. The molecule has 5 nitrogen and oxygen atoms in total. The van der Waals surface area contributed by atoms with Gasteiger partial charge in [-0.2, -0.15) is 4.98 Å². The summed E-state index contributed by atoms with van der Waals surface area (Å²) in [5, 5.41) is 3.20. The van der Waals surface area contributed by atoms with Crippen molar-refractivity contribution in [1.82, 2.24) is 9.97 Å². The average molecular weight is 258 g/mol. The van der Waals surface area contributed by atoms with Gasteiger partial charge < -0.3 is 15.8 Å². The summed E-state index contributed by atoms with van der Waals surface area (Å²) in [6.45, 7) is 0.805. The van der Waals surface area contributed by atoms with Gasteiger partial charge in [0.25, 0.3) is 0 Å². The van der Waals surface area contributed by atoms with Crippen LogP contribution in [0.5, 0.6) is 5.88 Å². The van der Waals surface area contributed by atoms with Crippen LogP contribution in [0.4, 0.5) is 11.5 Å². The molecule has 0 saturated carbocycles. The van der Waals surface area contributed by atoms with Gasteiger partial charge in [0.05, 0.1) is 7.11 Å². The van der Waals surface area contributed by atoms with Gasteiger partial charge >= 0.3 is 0 Å². The van der Waals surface area contributed by atoms with Crippen LogP contribution < -0.4 is 15.8 Å². The maximum absolute atomic E-state index is 5.87. The number of nitrogen functional groups attached to an aromatic ring is 1. The van der Waals surface area contributed by atoms with Crippen molar-refractivity contribution >= 4 is 11.5 Å². The van der Waals surface area contributed by atoms with Gasteiger partial charge in [0, 0.05) is 6.54 Å². The molecule has 0 fully saturated rings. The lowest BCUT2D eigenvalue weighted by molar-refractivity contribution is 0.399. The summed E-state index contributed by atoms with van der Waals surface area (Å²) in [5.41, 5.74) is 7.65. The second-order valence-electron chi connectivity index (χ2n) is 4.16. The van der Waals surface area contributed by atoms with Gasteiger partial charge in [-0.15, -0.1) is 0 Å². The van der Waals surface area contributed by atoms with Crippen molar-refractivity contribution < 1.29 is 4.74 Å². The first kappa shape index (κ1) is 13.1. The van der Waals surface area contributed by atoms with Crippen LogP contribution >= 0.6 is 0 Å². The molecule has 1 aromatic carbocycles. The Morgan fingerprint density at radius 2 is 2.00 bits per heavy atom. The van der Waals surface area contributed by atoms with Crippen LogP contribution in [0.2, 0.25) is 0 Å². The first-order valence-electron chi connectivity index (χ1n) is 6.23. The van der Waals surface area contributed by atoms with Crippen molar-refractivity contribution in [2.45, 2.75) is 12.8 Å². The third kappa shape index (κ3) is 3.58. The molecular formula is C14H18N4O. The van der Waals surface area contributed by atoms with Crippen molar-refractivity contribution in [2.75, 3.05) is 24.7 Å². The van der Waals surface area contributed by atoms with Gasteiger partial charge in [0.15, 0.2) is 5.82 Å². The van der Waals surface area contributed by atoms with Crippen molar-refractivity contribution in [3.8, 4) is 5.88 Å². The first-order chi connectivity index (χ1) is 9.31. The number of aryl methyl sites for hydroxylation is 1. The van der Waals surface area contributed by atoms with Crippen LogP contribution in [0, 0.1) is 0 Å². The number of hydrogen-bond acceptors (Lipinski definition) is 5. The zero-order valence-corrected chi connectivity index (χ0v) is 11.0. The second kappa shape index (κ2) is 6.58. The quantitative estimate of drug-likeness (QED) is 0.776. The summed E-state index contributed by atoms with van der Waals surface area (Å²) in [5.74, 6) is 1.03. The molecule has 0 spiro atoms. The predicted octanol–water partition coefficient (Wildman–Crippen LogP) is 2.11. The number of nitrogens with zero attached hydrogens (tertiary/aromatic N) is 2. The van der Waals surface area contributed by atoms with Crippen LogP contribution in [-0.4, -0.2) is 23.6 Å². The molecule has 2 aromatic rings. The SMILES string of the molecule is COc1ncnc(NCCCc2ccccc2)c1N. The lowest BCUT2D eigenvalue weighted by Gasteiger charge is -2.09. The van der Waals surface area contributed by atoms with E-state index in [9.17, 15) is 0 Å². The van der Waals surface area contributed by atoms with Crippen LogP contribution in [0.1, 0.15) is 12.0 Å². The van der Waals surface area contributed by atoms with Gasteiger partial charge in [-0.05, 0) is 18.4 Å². The van der Waals surface area contributed by atoms with Crippen LogP contribution in [0.3, 0.4) is 0 Å². The number of methoxy groups -OCH3 is 1. The van der Waals surface area contributed by atoms with Crippen LogP contribution in [0.25, 0.3) is 0 Å². The summed E-state index contributed by atoms with van der Waals surface area (Å²) in [6.07, 6.45) is 3.47. The monoisotopic (exact) mass is 258 g/mol. The normalized spacial score (nSPS) is 10.2. The highest BCUT2D eigenvalue weighted by atomic mass is 16.5. The van der Waals surface area contributed by atoms with Crippen molar-refractivity contribution in [2.24, 2.45) is 0 Å². The highest BCUT2D eigenvalue weighted by molar-refractivity contribution is 5.66. The Balaban J connectivity index is 1.83. The second-order valence-corrected chi connectivity index (χ2v) is 4.16. The van der Waals surface area contributed by atoms with Crippen molar-refractivity contribution in [3.05, 3.63) is 42.2 Å². The average Bonchev–Trinajstić information content (AvgIpc) is 2.46. The van der Waals surface area contributed by atoms with E-state index in [2.05, 4.69) is 39.6 Å². The van der Waals surface area contributed by atoms with E-state index in [-0.39, 0.29) is 0 Å². The minimum Gasteiger partial charge on any atom is -0.479 e. The van der Waals surface area contributed by atoms with Crippen LogP contribution in [-0.2, 0) is 6.42 Å². The number of nitrogens with one attached hydrogen (secondary N) is 1. The molecular weight excluding hydrogens is 240 g/mol. The molecule has 0 radical (unpaired) electrons. The molecule has 0 saturated heterocycles. The minimum atomic E-state index is 0.403. The summed E-state index contributed by atoms with van der Waals surface area (Å²) < 4.78 is 5.05. The molecule has 0 aliphatic carbocycles. The molecule has 0 amide bonds. The van der Waals surface area contributed by atoms with E-state index < -0.39 is 0 Å². The zero-order chi connectivity index (χ0) is 13.5. The van der Waals surface area contributed by atoms with E-state index >= 15 is 0 Å². The molecule has 2 rings (SSSR count). The van der Waals surface area contributed by atoms with E-state index in [1.165, 1.54) is 19.0 Å². The Kier molecular flexibility index (Phi) is 4.55. The lowest BCUT2D eigenvalue weighted by Crippen LogP contribution is -2.08. The van der Waals surface area contributed by atoms with Crippen LogP contribution in [0.15, 0.2) is 36.7 Å². The summed E-state index contributed by atoms with van der Waals surface area (Å²) in [7, 11) is 1.54. The smallest absolute Gasteiger partial charge is 0.242 e. The third-order valence-corrected chi connectivity index (χ3v) is 2.82. The van der Waals surface area contributed by atoms with Gasteiger partial charge in [-0.3, -0.25) is 0 Å². The Morgan fingerprint density at radius 3 is 2.74 bits per heavy atom. The van der Waals surface area contributed by atoms with Gasteiger partial charge in [-0.1, -0.05) is 30.3 Å². The molecule has 0 atom stereocenters. The molecule has 5 heteroatoms. The molecule has 100 valence electrons. The summed E-state index contributed by atoms with van der Waals surface area (Å²) in [6, 6.07) is 10.4. The Hall–Kier alpha value is -2.30. The highest BCUT2D eigenvalue weighted by Gasteiger charge is 2.07. The van der Waals surface area contributed by atoms with Gasteiger partial charge in [0.1, 0.15) is 12.0 Å². The third-order valence-electron chi connectivity index (χ3n) is 2.82. The fraction of sp³-hybridized carbons (Fsp3) is 0.286.